The van der Waals surface area contributed by atoms with Crippen molar-refractivity contribution in [3.63, 3.8) is 0 Å². The molecule has 0 aliphatic carbocycles. The highest BCUT2D eigenvalue weighted by Crippen LogP contribution is 2.25. The van der Waals surface area contributed by atoms with Crippen LogP contribution in [0, 0.1) is 0 Å². The summed E-state index contributed by atoms with van der Waals surface area (Å²) in [4.78, 5) is 2.17. The SMILES string of the molecule is CN(C)CCC(Oc1ccc(CCO)cc1)c1ccccc1. The molecule has 0 fully saturated rings. The average molecular weight is 299 g/mol. The fourth-order valence-electron chi connectivity index (χ4n) is 2.36. The zero-order chi connectivity index (χ0) is 15.8. The van der Waals surface area contributed by atoms with Gasteiger partial charge in [-0.15, -0.1) is 0 Å². The lowest BCUT2D eigenvalue weighted by atomic mass is 10.1. The minimum atomic E-state index is 0.0484. The van der Waals surface area contributed by atoms with Crippen LogP contribution < -0.4 is 4.74 Å². The fraction of sp³-hybridized carbons (Fsp3) is 0.368. The zero-order valence-electron chi connectivity index (χ0n) is 13.4. The van der Waals surface area contributed by atoms with E-state index in [1.165, 1.54) is 5.56 Å². The zero-order valence-corrected chi connectivity index (χ0v) is 13.4. The molecule has 2 rings (SSSR count). The molecule has 22 heavy (non-hydrogen) atoms. The summed E-state index contributed by atoms with van der Waals surface area (Å²) in [6.07, 6.45) is 1.67. The van der Waals surface area contributed by atoms with Crippen LogP contribution >= 0.6 is 0 Å². The van der Waals surface area contributed by atoms with Crippen molar-refractivity contribution in [2.24, 2.45) is 0 Å². The Hall–Kier alpha value is -1.84. The van der Waals surface area contributed by atoms with E-state index in [1.807, 2.05) is 42.5 Å². The molecular weight excluding hydrogens is 274 g/mol. The molecule has 3 heteroatoms. The van der Waals surface area contributed by atoms with Crippen LogP contribution in [0.1, 0.15) is 23.7 Å². The average Bonchev–Trinajstić information content (AvgIpc) is 2.54. The summed E-state index contributed by atoms with van der Waals surface area (Å²) < 4.78 is 6.19. The highest BCUT2D eigenvalue weighted by Gasteiger charge is 2.13. The molecule has 0 heterocycles. The fourth-order valence-corrected chi connectivity index (χ4v) is 2.36. The van der Waals surface area contributed by atoms with Gasteiger partial charge in [0.25, 0.3) is 0 Å². The molecule has 0 aliphatic heterocycles. The van der Waals surface area contributed by atoms with Crippen LogP contribution in [-0.4, -0.2) is 37.3 Å². The van der Waals surface area contributed by atoms with Crippen molar-refractivity contribution in [3.05, 3.63) is 65.7 Å². The number of aliphatic hydroxyl groups excluding tert-OH is 1. The number of hydrogen-bond acceptors (Lipinski definition) is 3. The van der Waals surface area contributed by atoms with Crippen LogP contribution in [0.15, 0.2) is 54.6 Å². The number of aliphatic hydroxyl groups is 1. The quantitative estimate of drug-likeness (QED) is 0.812. The molecule has 1 unspecified atom stereocenters. The van der Waals surface area contributed by atoms with Crippen LogP contribution in [0.4, 0.5) is 0 Å². The number of nitrogens with zero attached hydrogens (tertiary/aromatic N) is 1. The summed E-state index contributed by atoms with van der Waals surface area (Å²) in [6, 6.07) is 18.3. The standard InChI is InChI=1S/C19H25NO2/c1-20(2)14-12-19(17-6-4-3-5-7-17)22-18-10-8-16(9-11-18)13-15-21/h3-11,19,21H,12-15H2,1-2H3. The topological polar surface area (TPSA) is 32.7 Å². The van der Waals surface area contributed by atoms with Gasteiger partial charge in [0.05, 0.1) is 0 Å². The highest BCUT2D eigenvalue weighted by atomic mass is 16.5. The van der Waals surface area contributed by atoms with Crippen molar-refractivity contribution in [1.82, 2.24) is 4.90 Å². The molecule has 0 bridgehead atoms. The van der Waals surface area contributed by atoms with E-state index in [0.29, 0.717) is 6.42 Å². The van der Waals surface area contributed by atoms with Gasteiger partial charge in [0.15, 0.2) is 0 Å². The van der Waals surface area contributed by atoms with Crippen LogP contribution in [0.5, 0.6) is 5.75 Å². The summed E-state index contributed by atoms with van der Waals surface area (Å²) in [5.74, 6) is 0.870. The summed E-state index contributed by atoms with van der Waals surface area (Å²) in [6.45, 7) is 1.15. The molecule has 0 radical (unpaired) electrons. The smallest absolute Gasteiger partial charge is 0.125 e. The Morgan fingerprint density at radius 1 is 1.00 bits per heavy atom. The predicted molar refractivity (Wildman–Crippen MR) is 90.2 cm³/mol. The van der Waals surface area contributed by atoms with E-state index >= 15 is 0 Å². The van der Waals surface area contributed by atoms with Gasteiger partial charge in [-0.2, -0.15) is 0 Å². The summed E-state index contributed by atoms with van der Waals surface area (Å²) in [5, 5.41) is 8.97. The van der Waals surface area contributed by atoms with E-state index in [1.54, 1.807) is 0 Å². The summed E-state index contributed by atoms with van der Waals surface area (Å²) >= 11 is 0. The number of hydrogen-bond donors (Lipinski definition) is 1. The van der Waals surface area contributed by atoms with Gasteiger partial charge in [-0.25, -0.2) is 0 Å². The van der Waals surface area contributed by atoms with Crippen molar-refractivity contribution in [3.8, 4) is 5.75 Å². The van der Waals surface area contributed by atoms with Gasteiger partial charge in [-0.05, 0) is 43.8 Å². The van der Waals surface area contributed by atoms with E-state index in [9.17, 15) is 0 Å². The Balaban J connectivity index is 2.08. The third-order valence-corrected chi connectivity index (χ3v) is 3.61. The van der Waals surface area contributed by atoms with E-state index in [2.05, 4.69) is 31.1 Å². The lowest BCUT2D eigenvalue weighted by Crippen LogP contribution is -2.18. The first kappa shape index (κ1) is 16.5. The first-order valence-electron chi connectivity index (χ1n) is 7.75. The molecule has 1 N–H and O–H groups in total. The van der Waals surface area contributed by atoms with Gasteiger partial charge < -0.3 is 14.7 Å². The van der Waals surface area contributed by atoms with E-state index in [4.69, 9.17) is 9.84 Å². The Morgan fingerprint density at radius 3 is 2.27 bits per heavy atom. The Morgan fingerprint density at radius 2 is 1.68 bits per heavy atom. The molecule has 1 atom stereocenters. The lowest BCUT2D eigenvalue weighted by molar-refractivity contribution is 0.179. The number of ether oxygens (including phenoxy) is 1. The third-order valence-electron chi connectivity index (χ3n) is 3.61. The van der Waals surface area contributed by atoms with Crippen molar-refractivity contribution in [1.29, 1.82) is 0 Å². The molecule has 0 amide bonds. The van der Waals surface area contributed by atoms with Gasteiger partial charge in [-0.3, -0.25) is 0 Å². The second-order valence-corrected chi connectivity index (χ2v) is 5.73. The normalized spacial score (nSPS) is 12.4. The second-order valence-electron chi connectivity index (χ2n) is 5.73. The van der Waals surface area contributed by atoms with E-state index in [0.717, 1.165) is 24.3 Å². The van der Waals surface area contributed by atoms with Crippen LogP contribution in [0.25, 0.3) is 0 Å². The van der Waals surface area contributed by atoms with Crippen LogP contribution in [-0.2, 0) is 6.42 Å². The highest BCUT2D eigenvalue weighted by molar-refractivity contribution is 5.29. The maximum Gasteiger partial charge on any atom is 0.125 e. The first-order valence-corrected chi connectivity index (χ1v) is 7.75. The maximum atomic E-state index is 8.97. The van der Waals surface area contributed by atoms with Crippen molar-refractivity contribution in [2.75, 3.05) is 27.2 Å². The molecule has 3 nitrogen and oxygen atoms in total. The molecule has 0 saturated carbocycles. The minimum absolute atomic E-state index is 0.0484. The molecule has 2 aromatic carbocycles. The van der Waals surface area contributed by atoms with Crippen molar-refractivity contribution < 1.29 is 9.84 Å². The molecule has 0 aliphatic rings. The van der Waals surface area contributed by atoms with Crippen LogP contribution in [0.3, 0.4) is 0 Å². The second kappa shape index (κ2) is 8.57. The van der Waals surface area contributed by atoms with Gasteiger partial charge in [0.1, 0.15) is 11.9 Å². The summed E-state index contributed by atoms with van der Waals surface area (Å²) in [5.41, 5.74) is 2.32. The van der Waals surface area contributed by atoms with Crippen molar-refractivity contribution >= 4 is 0 Å². The van der Waals surface area contributed by atoms with Crippen molar-refractivity contribution in [2.45, 2.75) is 18.9 Å². The molecule has 0 saturated heterocycles. The maximum absolute atomic E-state index is 8.97. The van der Waals surface area contributed by atoms with E-state index in [-0.39, 0.29) is 12.7 Å². The van der Waals surface area contributed by atoms with Gasteiger partial charge in [0, 0.05) is 19.6 Å². The Kier molecular flexibility index (Phi) is 6.44. The minimum Gasteiger partial charge on any atom is -0.486 e. The monoisotopic (exact) mass is 299 g/mol. The number of benzene rings is 2. The van der Waals surface area contributed by atoms with Gasteiger partial charge >= 0.3 is 0 Å². The molecule has 2 aromatic rings. The molecule has 118 valence electrons. The van der Waals surface area contributed by atoms with E-state index < -0.39 is 0 Å². The lowest BCUT2D eigenvalue weighted by Gasteiger charge is -2.21. The largest absolute Gasteiger partial charge is 0.486 e. The predicted octanol–water partition coefficient (Wildman–Crippen LogP) is 3.29. The molecular formula is C19H25NO2. The molecule has 0 spiro atoms. The Bertz CT molecular complexity index is 537. The van der Waals surface area contributed by atoms with Gasteiger partial charge in [-0.1, -0.05) is 42.5 Å². The van der Waals surface area contributed by atoms with Gasteiger partial charge in [0.2, 0.25) is 0 Å². The Labute approximate surface area is 133 Å². The third kappa shape index (κ3) is 5.17. The van der Waals surface area contributed by atoms with Crippen LogP contribution in [0.2, 0.25) is 0 Å². The molecule has 0 aromatic heterocycles. The summed E-state index contributed by atoms with van der Waals surface area (Å²) in [7, 11) is 4.15. The number of rotatable bonds is 8. The first-order chi connectivity index (χ1) is 10.7.